The molecule has 0 saturated heterocycles. The van der Waals surface area contributed by atoms with Crippen molar-refractivity contribution in [2.45, 2.75) is 13.0 Å². The smallest absolute Gasteiger partial charge is 0.348 e. The van der Waals surface area contributed by atoms with E-state index in [9.17, 15) is 9.59 Å². The average Bonchev–Trinajstić information content (AvgIpc) is 2.45. The summed E-state index contributed by atoms with van der Waals surface area (Å²) in [5, 5.41) is 0.862. The van der Waals surface area contributed by atoms with Gasteiger partial charge < -0.3 is 9.64 Å². The van der Waals surface area contributed by atoms with Gasteiger partial charge in [0.2, 0.25) is 0 Å². The minimum Gasteiger partial charge on any atom is -0.469 e. The Bertz CT molecular complexity index is 692. The maximum Gasteiger partial charge on any atom is 0.348 e. The molecule has 106 valence electrons. The van der Waals surface area contributed by atoms with Crippen LogP contribution in [-0.4, -0.2) is 36.7 Å². The number of nitrogens with zero attached hydrogens (tertiary/aromatic N) is 3. The van der Waals surface area contributed by atoms with Crippen molar-refractivity contribution in [3.05, 3.63) is 34.9 Å². The topological polar surface area (TPSA) is 64.4 Å². The first-order chi connectivity index (χ1) is 9.52. The molecule has 0 atom stereocenters. The predicted molar refractivity (Wildman–Crippen MR) is 77.0 cm³/mol. The van der Waals surface area contributed by atoms with E-state index in [-0.39, 0.29) is 24.6 Å². The maximum absolute atomic E-state index is 11.8. The van der Waals surface area contributed by atoms with E-state index >= 15 is 0 Å². The molecule has 0 radical (unpaired) electrons. The van der Waals surface area contributed by atoms with Crippen LogP contribution >= 0.6 is 0 Å². The first-order valence-corrected chi connectivity index (χ1v) is 6.26. The number of hydrogen-bond acceptors (Lipinski definition) is 5. The summed E-state index contributed by atoms with van der Waals surface area (Å²) in [4.78, 5) is 28.9. The van der Waals surface area contributed by atoms with E-state index in [0.717, 1.165) is 16.6 Å². The molecule has 0 aliphatic rings. The lowest BCUT2D eigenvalue weighted by Crippen LogP contribution is -2.24. The largest absolute Gasteiger partial charge is 0.469 e. The second-order valence-corrected chi connectivity index (χ2v) is 4.66. The van der Waals surface area contributed by atoms with Crippen LogP contribution in [0.3, 0.4) is 0 Å². The fraction of sp³-hybridized carbons (Fsp3) is 0.357. The first kappa shape index (κ1) is 14.0. The molecule has 0 saturated carbocycles. The minimum absolute atomic E-state index is 0.145. The van der Waals surface area contributed by atoms with Gasteiger partial charge >= 0.3 is 11.7 Å². The minimum atomic E-state index is -0.362. The Kier molecular flexibility index (Phi) is 4.02. The molecule has 20 heavy (non-hydrogen) atoms. The zero-order chi connectivity index (χ0) is 14.7. The van der Waals surface area contributed by atoms with Gasteiger partial charge in [-0.05, 0) is 18.2 Å². The van der Waals surface area contributed by atoms with Crippen molar-refractivity contribution in [3.8, 4) is 0 Å². The van der Waals surface area contributed by atoms with Gasteiger partial charge in [-0.3, -0.25) is 9.36 Å². The van der Waals surface area contributed by atoms with Crippen LogP contribution in [0.5, 0.6) is 0 Å². The predicted octanol–water partition coefficient (Wildman–Crippen LogP) is 1.03. The van der Waals surface area contributed by atoms with E-state index in [4.69, 9.17) is 0 Å². The number of ether oxygens (including phenoxy) is 1. The van der Waals surface area contributed by atoms with Crippen LogP contribution in [0.15, 0.2) is 29.2 Å². The summed E-state index contributed by atoms with van der Waals surface area (Å²) >= 11 is 0. The number of hydrogen-bond donors (Lipinski definition) is 0. The lowest BCUT2D eigenvalue weighted by Gasteiger charge is -2.14. The highest BCUT2D eigenvalue weighted by Crippen LogP contribution is 2.19. The van der Waals surface area contributed by atoms with Crippen LogP contribution in [0.2, 0.25) is 0 Å². The summed E-state index contributed by atoms with van der Waals surface area (Å²) < 4.78 is 6.08. The van der Waals surface area contributed by atoms with Crippen molar-refractivity contribution in [3.63, 3.8) is 0 Å². The van der Waals surface area contributed by atoms with Crippen molar-refractivity contribution in [2.75, 3.05) is 26.1 Å². The molecular formula is C14H17N3O3. The molecule has 1 heterocycles. The van der Waals surface area contributed by atoms with Crippen LogP contribution in [0.1, 0.15) is 6.42 Å². The van der Waals surface area contributed by atoms with E-state index in [2.05, 4.69) is 9.72 Å². The van der Waals surface area contributed by atoms with Crippen LogP contribution in [0.4, 0.5) is 5.69 Å². The Labute approximate surface area is 116 Å². The SMILES string of the molecule is COC(=O)CCn1c(=O)ncc2cc(N(C)C)ccc21. The fourth-order valence-electron chi connectivity index (χ4n) is 1.99. The molecule has 0 aliphatic heterocycles. The second kappa shape index (κ2) is 5.73. The van der Waals surface area contributed by atoms with Gasteiger partial charge in [0.05, 0.1) is 19.0 Å². The van der Waals surface area contributed by atoms with Gasteiger partial charge in [-0.25, -0.2) is 9.78 Å². The molecule has 0 aliphatic carbocycles. The first-order valence-electron chi connectivity index (χ1n) is 6.26. The lowest BCUT2D eigenvalue weighted by atomic mass is 10.2. The number of aryl methyl sites for hydroxylation is 1. The highest BCUT2D eigenvalue weighted by molar-refractivity contribution is 5.82. The Hall–Kier alpha value is -2.37. The number of rotatable bonds is 4. The van der Waals surface area contributed by atoms with Gasteiger partial charge in [-0.1, -0.05) is 0 Å². The monoisotopic (exact) mass is 275 g/mol. The zero-order valence-electron chi connectivity index (χ0n) is 11.8. The zero-order valence-corrected chi connectivity index (χ0v) is 11.8. The molecule has 0 N–H and O–H groups in total. The van der Waals surface area contributed by atoms with Crippen molar-refractivity contribution in [2.24, 2.45) is 0 Å². The van der Waals surface area contributed by atoms with Gasteiger partial charge in [0, 0.05) is 37.9 Å². The third-order valence-electron chi connectivity index (χ3n) is 3.13. The summed E-state index contributed by atoms with van der Waals surface area (Å²) in [6, 6.07) is 5.75. The highest BCUT2D eigenvalue weighted by atomic mass is 16.5. The maximum atomic E-state index is 11.8. The normalized spacial score (nSPS) is 10.6. The third kappa shape index (κ3) is 2.79. The Morgan fingerprint density at radius 2 is 2.15 bits per heavy atom. The number of carbonyl (C=O) groups excluding carboxylic acids is 1. The summed E-state index contributed by atoms with van der Waals surface area (Å²) in [5.74, 6) is -0.348. The molecule has 1 aromatic heterocycles. The molecule has 2 rings (SSSR count). The molecule has 6 heteroatoms. The van der Waals surface area contributed by atoms with E-state index in [0.29, 0.717) is 0 Å². The number of anilines is 1. The van der Waals surface area contributed by atoms with Crippen LogP contribution < -0.4 is 10.6 Å². The van der Waals surface area contributed by atoms with Crippen LogP contribution in [0, 0.1) is 0 Å². The quantitative estimate of drug-likeness (QED) is 0.780. The van der Waals surface area contributed by atoms with Gasteiger partial charge in [-0.2, -0.15) is 0 Å². The molecule has 0 spiro atoms. The van der Waals surface area contributed by atoms with Crippen LogP contribution in [-0.2, 0) is 16.1 Å². The van der Waals surface area contributed by atoms with Crippen molar-refractivity contribution in [1.29, 1.82) is 0 Å². The Morgan fingerprint density at radius 1 is 1.40 bits per heavy atom. The molecular weight excluding hydrogens is 258 g/mol. The van der Waals surface area contributed by atoms with Gasteiger partial charge in [0.25, 0.3) is 0 Å². The standard InChI is InChI=1S/C14H17N3O3/c1-16(2)11-4-5-12-10(8-11)9-15-14(19)17(12)7-6-13(18)20-3/h4-5,8-9H,6-7H2,1-3H3. The van der Waals surface area contributed by atoms with Crippen molar-refractivity contribution in [1.82, 2.24) is 9.55 Å². The molecule has 6 nitrogen and oxygen atoms in total. The Balaban J connectivity index is 2.45. The molecule has 0 unspecified atom stereocenters. The summed E-state index contributed by atoms with van der Waals surface area (Å²) in [5.41, 5.74) is 1.43. The number of esters is 1. The van der Waals surface area contributed by atoms with E-state index in [1.165, 1.54) is 11.7 Å². The number of benzene rings is 1. The van der Waals surface area contributed by atoms with Gasteiger partial charge in [0.15, 0.2) is 0 Å². The van der Waals surface area contributed by atoms with Gasteiger partial charge in [0.1, 0.15) is 0 Å². The Morgan fingerprint density at radius 3 is 2.80 bits per heavy atom. The summed E-state index contributed by atoms with van der Waals surface area (Å²) in [6.45, 7) is 0.261. The molecule has 1 aromatic carbocycles. The molecule has 0 bridgehead atoms. The highest BCUT2D eigenvalue weighted by Gasteiger charge is 2.08. The summed E-state index contributed by atoms with van der Waals surface area (Å²) in [7, 11) is 5.22. The van der Waals surface area contributed by atoms with E-state index in [1.807, 2.05) is 37.2 Å². The number of fused-ring (bicyclic) bond motifs is 1. The third-order valence-corrected chi connectivity index (χ3v) is 3.13. The molecule has 0 amide bonds. The lowest BCUT2D eigenvalue weighted by molar-refractivity contribution is -0.140. The fourth-order valence-corrected chi connectivity index (χ4v) is 1.99. The van der Waals surface area contributed by atoms with Crippen molar-refractivity contribution >= 4 is 22.6 Å². The average molecular weight is 275 g/mol. The molecule has 0 fully saturated rings. The van der Waals surface area contributed by atoms with Gasteiger partial charge in [-0.15, -0.1) is 0 Å². The van der Waals surface area contributed by atoms with Crippen LogP contribution in [0.25, 0.3) is 10.9 Å². The second-order valence-electron chi connectivity index (χ2n) is 4.66. The van der Waals surface area contributed by atoms with E-state index in [1.54, 1.807) is 6.20 Å². The van der Waals surface area contributed by atoms with E-state index < -0.39 is 0 Å². The van der Waals surface area contributed by atoms with Crippen molar-refractivity contribution < 1.29 is 9.53 Å². The number of methoxy groups -OCH3 is 1. The number of carbonyl (C=O) groups is 1. The summed E-state index contributed by atoms with van der Waals surface area (Å²) in [6.07, 6.45) is 1.70. The number of aromatic nitrogens is 2. The molecule has 2 aromatic rings.